The monoisotopic (exact) mass is 168 g/mol. The third-order valence-corrected chi connectivity index (χ3v) is 3.23. The second-order valence-corrected chi connectivity index (χ2v) is 4.74. The van der Waals surface area contributed by atoms with Crippen molar-refractivity contribution in [2.75, 3.05) is 19.6 Å². The first-order valence-electron chi connectivity index (χ1n) is 5.22. The van der Waals surface area contributed by atoms with Crippen LogP contribution < -0.4 is 5.73 Å². The molecule has 2 fully saturated rings. The Kier molecular flexibility index (Phi) is 2.37. The highest BCUT2D eigenvalue weighted by molar-refractivity contribution is 4.86. The van der Waals surface area contributed by atoms with Gasteiger partial charge in [-0.05, 0) is 38.0 Å². The first-order valence-corrected chi connectivity index (χ1v) is 5.22. The van der Waals surface area contributed by atoms with Gasteiger partial charge in [0.1, 0.15) is 0 Å². The summed E-state index contributed by atoms with van der Waals surface area (Å²) in [7, 11) is 0. The standard InChI is InChI=1S/C10H20N2/c1-8(11)5-12-6-9-2-3-10(4-9)7-12/h8-10H,2-7,11H2,1H3/t8-,9?,10?/m1/s1. The summed E-state index contributed by atoms with van der Waals surface area (Å²) in [5, 5.41) is 0. The molecule has 2 nitrogen and oxygen atoms in total. The number of hydrogen-bond acceptors (Lipinski definition) is 2. The normalized spacial score (nSPS) is 38.5. The number of piperidine rings is 1. The largest absolute Gasteiger partial charge is 0.327 e. The number of fused-ring (bicyclic) bond motifs is 2. The molecule has 12 heavy (non-hydrogen) atoms. The van der Waals surface area contributed by atoms with E-state index < -0.39 is 0 Å². The Morgan fingerprint density at radius 2 is 1.92 bits per heavy atom. The second-order valence-electron chi connectivity index (χ2n) is 4.74. The summed E-state index contributed by atoms with van der Waals surface area (Å²) >= 11 is 0. The minimum atomic E-state index is 0.350. The van der Waals surface area contributed by atoms with Crippen molar-refractivity contribution in [2.24, 2.45) is 17.6 Å². The molecule has 0 aromatic carbocycles. The van der Waals surface area contributed by atoms with Gasteiger partial charge in [0.2, 0.25) is 0 Å². The number of nitrogens with zero attached hydrogens (tertiary/aromatic N) is 1. The molecule has 0 radical (unpaired) electrons. The molecule has 2 rings (SSSR count). The predicted molar refractivity (Wildman–Crippen MR) is 50.9 cm³/mol. The van der Waals surface area contributed by atoms with Gasteiger partial charge in [-0.3, -0.25) is 0 Å². The number of likely N-dealkylation sites (tertiary alicyclic amines) is 1. The topological polar surface area (TPSA) is 29.3 Å². The van der Waals surface area contributed by atoms with Crippen LogP contribution in [0.5, 0.6) is 0 Å². The van der Waals surface area contributed by atoms with Crippen molar-refractivity contribution < 1.29 is 0 Å². The first-order chi connectivity index (χ1) is 5.74. The minimum absolute atomic E-state index is 0.350. The van der Waals surface area contributed by atoms with Crippen LogP contribution in [0.2, 0.25) is 0 Å². The van der Waals surface area contributed by atoms with Gasteiger partial charge in [0, 0.05) is 25.7 Å². The minimum Gasteiger partial charge on any atom is -0.327 e. The molecule has 2 heteroatoms. The zero-order valence-corrected chi connectivity index (χ0v) is 8.00. The van der Waals surface area contributed by atoms with Crippen molar-refractivity contribution >= 4 is 0 Å². The van der Waals surface area contributed by atoms with Crippen molar-refractivity contribution in [3.05, 3.63) is 0 Å². The van der Waals surface area contributed by atoms with Crippen LogP contribution in [-0.2, 0) is 0 Å². The van der Waals surface area contributed by atoms with E-state index in [4.69, 9.17) is 5.73 Å². The van der Waals surface area contributed by atoms with Gasteiger partial charge in [-0.2, -0.15) is 0 Å². The maximum atomic E-state index is 5.79. The second kappa shape index (κ2) is 3.35. The Bertz CT molecular complexity index is 144. The third kappa shape index (κ3) is 1.80. The Balaban J connectivity index is 1.85. The van der Waals surface area contributed by atoms with E-state index >= 15 is 0 Å². The molecule has 0 aromatic rings. The summed E-state index contributed by atoms with van der Waals surface area (Å²) in [5.74, 6) is 2.00. The number of nitrogens with two attached hydrogens (primary N) is 1. The fraction of sp³-hybridized carbons (Fsp3) is 1.00. The Morgan fingerprint density at radius 1 is 1.33 bits per heavy atom. The lowest BCUT2D eigenvalue weighted by molar-refractivity contribution is 0.162. The summed E-state index contributed by atoms with van der Waals surface area (Å²) < 4.78 is 0. The van der Waals surface area contributed by atoms with Crippen LogP contribution in [0.4, 0.5) is 0 Å². The Morgan fingerprint density at radius 3 is 2.42 bits per heavy atom. The highest BCUT2D eigenvalue weighted by atomic mass is 15.1. The summed E-state index contributed by atoms with van der Waals surface area (Å²) in [4.78, 5) is 2.57. The van der Waals surface area contributed by atoms with E-state index in [9.17, 15) is 0 Å². The third-order valence-electron chi connectivity index (χ3n) is 3.23. The van der Waals surface area contributed by atoms with E-state index in [0.29, 0.717) is 6.04 Å². The van der Waals surface area contributed by atoms with Crippen LogP contribution >= 0.6 is 0 Å². The van der Waals surface area contributed by atoms with Crippen LogP contribution in [-0.4, -0.2) is 30.6 Å². The maximum Gasteiger partial charge on any atom is 0.0139 e. The molecule has 1 saturated carbocycles. The fourth-order valence-corrected chi connectivity index (χ4v) is 2.87. The van der Waals surface area contributed by atoms with Gasteiger partial charge in [0.05, 0.1) is 0 Å². The van der Waals surface area contributed by atoms with Gasteiger partial charge in [0.15, 0.2) is 0 Å². The van der Waals surface area contributed by atoms with E-state index in [2.05, 4.69) is 11.8 Å². The molecule has 70 valence electrons. The van der Waals surface area contributed by atoms with Crippen LogP contribution in [0.15, 0.2) is 0 Å². The Hall–Kier alpha value is -0.0800. The lowest BCUT2D eigenvalue weighted by Gasteiger charge is -2.32. The van der Waals surface area contributed by atoms with Gasteiger partial charge in [-0.15, -0.1) is 0 Å². The molecule has 0 spiro atoms. The average molecular weight is 168 g/mol. The number of rotatable bonds is 2. The van der Waals surface area contributed by atoms with Crippen molar-refractivity contribution in [2.45, 2.75) is 32.2 Å². The molecule has 3 atom stereocenters. The molecular formula is C10H20N2. The van der Waals surface area contributed by atoms with Crippen LogP contribution in [0.3, 0.4) is 0 Å². The zero-order valence-electron chi connectivity index (χ0n) is 8.00. The van der Waals surface area contributed by atoms with Gasteiger partial charge < -0.3 is 10.6 Å². The molecule has 1 saturated heterocycles. The number of hydrogen-bond donors (Lipinski definition) is 1. The summed E-state index contributed by atoms with van der Waals surface area (Å²) in [6, 6.07) is 0.350. The summed E-state index contributed by atoms with van der Waals surface area (Å²) in [6.45, 7) is 5.85. The van der Waals surface area contributed by atoms with E-state index in [1.807, 2.05) is 0 Å². The van der Waals surface area contributed by atoms with E-state index in [1.165, 1.54) is 32.4 Å². The molecule has 2 unspecified atom stereocenters. The lowest BCUT2D eigenvalue weighted by atomic mass is 9.98. The van der Waals surface area contributed by atoms with Gasteiger partial charge in [-0.25, -0.2) is 0 Å². The molecule has 1 heterocycles. The SMILES string of the molecule is C[C@@H](N)CN1CC2CCC(C2)C1. The molecule has 1 aliphatic heterocycles. The molecular weight excluding hydrogens is 148 g/mol. The van der Waals surface area contributed by atoms with E-state index in [1.54, 1.807) is 0 Å². The zero-order chi connectivity index (χ0) is 8.55. The van der Waals surface area contributed by atoms with Crippen molar-refractivity contribution in [3.8, 4) is 0 Å². The van der Waals surface area contributed by atoms with E-state index in [0.717, 1.165) is 18.4 Å². The van der Waals surface area contributed by atoms with Crippen molar-refractivity contribution in [1.29, 1.82) is 0 Å². The van der Waals surface area contributed by atoms with Gasteiger partial charge >= 0.3 is 0 Å². The van der Waals surface area contributed by atoms with Crippen molar-refractivity contribution in [3.63, 3.8) is 0 Å². The summed E-state index contributed by atoms with van der Waals surface area (Å²) in [5.41, 5.74) is 5.79. The summed E-state index contributed by atoms with van der Waals surface area (Å²) in [6.07, 6.45) is 4.44. The van der Waals surface area contributed by atoms with Crippen LogP contribution in [0.1, 0.15) is 26.2 Å². The molecule has 2 aliphatic rings. The Labute approximate surface area is 75.1 Å². The highest BCUT2D eigenvalue weighted by Gasteiger charge is 2.32. The van der Waals surface area contributed by atoms with Gasteiger partial charge in [0.25, 0.3) is 0 Å². The quantitative estimate of drug-likeness (QED) is 0.668. The van der Waals surface area contributed by atoms with E-state index in [-0.39, 0.29) is 0 Å². The predicted octanol–water partition coefficient (Wildman–Crippen LogP) is 1.07. The average Bonchev–Trinajstić information content (AvgIpc) is 2.29. The highest BCUT2D eigenvalue weighted by Crippen LogP contribution is 2.36. The smallest absolute Gasteiger partial charge is 0.0139 e. The lowest BCUT2D eigenvalue weighted by Crippen LogP contribution is -2.42. The molecule has 0 amide bonds. The van der Waals surface area contributed by atoms with Crippen LogP contribution in [0.25, 0.3) is 0 Å². The molecule has 2 N–H and O–H groups in total. The molecule has 1 aliphatic carbocycles. The van der Waals surface area contributed by atoms with Gasteiger partial charge in [-0.1, -0.05) is 0 Å². The fourth-order valence-electron chi connectivity index (χ4n) is 2.87. The van der Waals surface area contributed by atoms with Crippen LogP contribution in [0, 0.1) is 11.8 Å². The first kappa shape index (κ1) is 8.52. The maximum absolute atomic E-state index is 5.79. The van der Waals surface area contributed by atoms with Crippen molar-refractivity contribution in [1.82, 2.24) is 4.90 Å². The molecule has 2 bridgehead atoms. The molecule has 0 aromatic heterocycles.